The zero-order valence-electron chi connectivity index (χ0n) is 13.9. The minimum absolute atomic E-state index is 0.192. The summed E-state index contributed by atoms with van der Waals surface area (Å²) in [7, 11) is 2.23. The van der Waals surface area contributed by atoms with Gasteiger partial charge in [0.1, 0.15) is 12.4 Å². The van der Waals surface area contributed by atoms with E-state index < -0.39 is 0 Å². The van der Waals surface area contributed by atoms with Gasteiger partial charge in [-0.15, -0.1) is 0 Å². The smallest absolute Gasteiger partial charge is 0.119 e. The molecule has 122 valence electrons. The molecule has 1 aromatic carbocycles. The van der Waals surface area contributed by atoms with Crippen LogP contribution in [0.5, 0.6) is 5.75 Å². The third kappa shape index (κ3) is 3.80. The highest BCUT2D eigenvalue weighted by atomic mass is 16.5. The van der Waals surface area contributed by atoms with Crippen molar-refractivity contribution >= 4 is 0 Å². The fourth-order valence-electron chi connectivity index (χ4n) is 3.90. The Bertz CT molecular complexity index is 497. The minimum Gasteiger partial charge on any atom is -0.492 e. The van der Waals surface area contributed by atoms with E-state index >= 15 is 0 Å². The fourth-order valence-corrected chi connectivity index (χ4v) is 3.90. The van der Waals surface area contributed by atoms with Crippen LogP contribution in [0.1, 0.15) is 18.9 Å². The quantitative estimate of drug-likeness (QED) is 0.866. The Balaban J connectivity index is 1.39. The summed E-state index contributed by atoms with van der Waals surface area (Å²) < 4.78 is 5.91. The molecule has 3 rings (SSSR count). The van der Waals surface area contributed by atoms with Gasteiger partial charge < -0.3 is 15.4 Å². The number of rotatable bonds is 6. The van der Waals surface area contributed by atoms with Gasteiger partial charge in [0.15, 0.2) is 0 Å². The van der Waals surface area contributed by atoms with E-state index in [2.05, 4.69) is 35.0 Å². The van der Waals surface area contributed by atoms with Gasteiger partial charge in [0.05, 0.1) is 0 Å². The summed E-state index contributed by atoms with van der Waals surface area (Å²) in [5, 5.41) is 0. The molecule has 0 amide bonds. The van der Waals surface area contributed by atoms with Gasteiger partial charge in [-0.3, -0.25) is 4.90 Å². The molecule has 2 N–H and O–H groups in total. The molecule has 0 aromatic heterocycles. The Morgan fingerprint density at radius 3 is 2.82 bits per heavy atom. The SMILES string of the molecule is CC(N)Cc1cccc(OCCN2CC3(CCN(C)C3)C2)c1. The zero-order chi connectivity index (χ0) is 15.6. The number of ether oxygens (including phenoxy) is 1. The summed E-state index contributed by atoms with van der Waals surface area (Å²) in [4.78, 5) is 4.97. The van der Waals surface area contributed by atoms with Gasteiger partial charge in [0.2, 0.25) is 0 Å². The molecule has 0 aliphatic carbocycles. The summed E-state index contributed by atoms with van der Waals surface area (Å²) in [5.74, 6) is 0.967. The van der Waals surface area contributed by atoms with Crippen molar-refractivity contribution in [2.75, 3.05) is 46.4 Å². The molecule has 2 aliphatic heterocycles. The Labute approximate surface area is 134 Å². The maximum atomic E-state index is 5.91. The number of hydrogen-bond donors (Lipinski definition) is 1. The summed E-state index contributed by atoms with van der Waals surface area (Å²) in [5.41, 5.74) is 7.70. The van der Waals surface area contributed by atoms with E-state index in [0.29, 0.717) is 5.41 Å². The van der Waals surface area contributed by atoms with Gasteiger partial charge in [-0.25, -0.2) is 0 Å². The van der Waals surface area contributed by atoms with Gasteiger partial charge in [-0.2, -0.15) is 0 Å². The predicted molar refractivity (Wildman–Crippen MR) is 90.3 cm³/mol. The van der Waals surface area contributed by atoms with Crippen LogP contribution in [0.3, 0.4) is 0 Å². The van der Waals surface area contributed by atoms with Crippen molar-refractivity contribution in [2.24, 2.45) is 11.1 Å². The Morgan fingerprint density at radius 1 is 1.32 bits per heavy atom. The largest absolute Gasteiger partial charge is 0.492 e. The van der Waals surface area contributed by atoms with E-state index in [4.69, 9.17) is 10.5 Å². The van der Waals surface area contributed by atoms with Gasteiger partial charge in [0.25, 0.3) is 0 Å². The standard InChI is InChI=1S/C18H29N3O/c1-15(19)10-16-4-3-5-17(11-16)22-9-8-21-13-18(14-21)6-7-20(2)12-18/h3-5,11,15H,6-10,12-14,19H2,1-2H3. The van der Waals surface area contributed by atoms with Crippen molar-refractivity contribution in [1.82, 2.24) is 9.80 Å². The fraction of sp³-hybridized carbons (Fsp3) is 0.667. The Hall–Kier alpha value is -1.10. The van der Waals surface area contributed by atoms with E-state index in [1.54, 1.807) is 0 Å². The van der Waals surface area contributed by atoms with E-state index in [9.17, 15) is 0 Å². The van der Waals surface area contributed by atoms with Gasteiger partial charge in [-0.05, 0) is 51.1 Å². The van der Waals surface area contributed by atoms with Crippen LogP contribution in [0.25, 0.3) is 0 Å². The molecule has 1 atom stereocenters. The average Bonchev–Trinajstić information content (AvgIpc) is 2.80. The number of likely N-dealkylation sites (tertiary alicyclic amines) is 2. The van der Waals surface area contributed by atoms with Crippen molar-refractivity contribution in [2.45, 2.75) is 25.8 Å². The molecular weight excluding hydrogens is 274 g/mol. The van der Waals surface area contributed by atoms with Crippen molar-refractivity contribution in [3.05, 3.63) is 29.8 Å². The van der Waals surface area contributed by atoms with Crippen LogP contribution in [0.4, 0.5) is 0 Å². The third-order valence-electron chi connectivity index (χ3n) is 4.88. The zero-order valence-corrected chi connectivity index (χ0v) is 13.9. The van der Waals surface area contributed by atoms with E-state index in [1.807, 2.05) is 13.0 Å². The summed E-state index contributed by atoms with van der Waals surface area (Å²) in [6.07, 6.45) is 2.26. The molecule has 22 heavy (non-hydrogen) atoms. The highest BCUT2D eigenvalue weighted by molar-refractivity contribution is 5.29. The van der Waals surface area contributed by atoms with Crippen LogP contribution >= 0.6 is 0 Å². The first-order valence-electron chi connectivity index (χ1n) is 8.43. The average molecular weight is 303 g/mol. The van der Waals surface area contributed by atoms with Gasteiger partial charge >= 0.3 is 0 Å². The second kappa shape index (κ2) is 6.57. The molecule has 0 saturated carbocycles. The van der Waals surface area contributed by atoms with Crippen LogP contribution in [-0.2, 0) is 6.42 Å². The van der Waals surface area contributed by atoms with Crippen LogP contribution < -0.4 is 10.5 Å². The number of nitrogens with zero attached hydrogens (tertiary/aromatic N) is 2. The number of nitrogens with two attached hydrogens (primary N) is 1. The molecular formula is C18H29N3O. The summed E-state index contributed by atoms with van der Waals surface area (Å²) in [6, 6.07) is 8.52. The van der Waals surface area contributed by atoms with Crippen molar-refractivity contribution in [1.29, 1.82) is 0 Å². The lowest BCUT2D eigenvalue weighted by molar-refractivity contribution is 0.00217. The molecule has 1 aromatic rings. The molecule has 2 saturated heterocycles. The molecule has 2 fully saturated rings. The van der Waals surface area contributed by atoms with Crippen LogP contribution in [0, 0.1) is 5.41 Å². The number of hydrogen-bond acceptors (Lipinski definition) is 4. The molecule has 0 radical (unpaired) electrons. The monoisotopic (exact) mass is 303 g/mol. The minimum atomic E-state index is 0.192. The Kier molecular flexibility index (Phi) is 4.71. The molecule has 1 spiro atoms. The lowest BCUT2D eigenvalue weighted by atomic mass is 9.79. The maximum absolute atomic E-state index is 5.91. The first-order chi connectivity index (χ1) is 10.5. The predicted octanol–water partition coefficient (Wildman–Crippen LogP) is 1.59. The number of benzene rings is 1. The molecule has 4 nitrogen and oxygen atoms in total. The van der Waals surface area contributed by atoms with E-state index in [-0.39, 0.29) is 6.04 Å². The molecule has 4 heteroatoms. The van der Waals surface area contributed by atoms with Crippen molar-refractivity contribution in [3.63, 3.8) is 0 Å². The van der Waals surface area contributed by atoms with Crippen molar-refractivity contribution in [3.8, 4) is 5.75 Å². The van der Waals surface area contributed by atoms with Crippen molar-refractivity contribution < 1.29 is 4.74 Å². The van der Waals surface area contributed by atoms with Crippen LogP contribution in [0.2, 0.25) is 0 Å². The van der Waals surface area contributed by atoms with Crippen LogP contribution in [-0.4, -0.2) is 62.2 Å². The topological polar surface area (TPSA) is 41.7 Å². The summed E-state index contributed by atoms with van der Waals surface area (Å²) >= 11 is 0. The molecule has 2 heterocycles. The van der Waals surface area contributed by atoms with Gasteiger partial charge in [-0.1, -0.05) is 12.1 Å². The second-order valence-electron chi connectivity index (χ2n) is 7.38. The lowest BCUT2D eigenvalue weighted by Crippen LogP contribution is -2.58. The van der Waals surface area contributed by atoms with Crippen LogP contribution in [0.15, 0.2) is 24.3 Å². The highest BCUT2D eigenvalue weighted by Gasteiger charge is 2.46. The lowest BCUT2D eigenvalue weighted by Gasteiger charge is -2.48. The first-order valence-corrected chi connectivity index (χ1v) is 8.43. The normalized spacial score (nSPS) is 22.7. The maximum Gasteiger partial charge on any atom is 0.119 e. The third-order valence-corrected chi connectivity index (χ3v) is 4.88. The molecule has 1 unspecified atom stereocenters. The summed E-state index contributed by atoms with van der Waals surface area (Å²) in [6.45, 7) is 8.85. The van der Waals surface area contributed by atoms with E-state index in [0.717, 1.165) is 25.3 Å². The Morgan fingerprint density at radius 2 is 2.14 bits per heavy atom. The first kappa shape index (κ1) is 15.8. The second-order valence-corrected chi connectivity index (χ2v) is 7.38. The van der Waals surface area contributed by atoms with E-state index in [1.165, 1.54) is 38.2 Å². The van der Waals surface area contributed by atoms with Gasteiger partial charge in [0, 0.05) is 37.6 Å². The highest BCUT2D eigenvalue weighted by Crippen LogP contribution is 2.38. The molecule has 2 aliphatic rings. The molecule has 0 bridgehead atoms.